The molecule has 0 aromatic heterocycles. The number of hydrogen-bond donors (Lipinski definition) is 1. The fourth-order valence-corrected chi connectivity index (χ4v) is 2.47. The van der Waals surface area contributed by atoms with Gasteiger partial charge in [-0.1, -0.05) is 17.7 Å². The number of ketones is 1. The second-order valence-corrected chi connectivity index (χ2v) is 6.24. The molecule has 2 aromatic rings. The van der Waals surface area contributed by atoms with Gasteiger partial charge in [-0.25, -0.2) is 4.79 Å². The van der Waals surface area contributed by atoms with Crippen molar-refractivity contribution in [3.63, 3.8) is 0 Å². The van der Waals surface area contributed by atoms with Gasteiger partial charge in [0.25, 0.3) is 5.91 Å². The van der Waals surface area contributed by atoms with E-state index in [1.807, 2.05) is 26.0 Å². The van der Waals surface area contributed by atoms with Gasteiger partial charge in [0.05, 0.1) is 7.11 Å². The molecule has 1 N–H and O–H groups in total. The monoisotopic (exact) mass is 385 g/mol. The maximum atomic E-state index is 11.9. The number of benzene rings is 2. The van der Waals surface area contributed by atoms with Gasteiger partial charge in [0.2, 0.25) is 0 Å². The Labute approximate surface area is 163 Å². The summed E-state index contributed by atoms with van der Waals surface area (Å²) in [6.07, 6.45) is 0. The zero-order chi connectivity index (χ0) is 20.7. The first-order valence-corrected chi connectivity index (χ1v) is 8.64. The smallest absolute Gasteiger partial charge is 0.344 e. The molecule has 2 rings (SSSR count). The number of anilines is 1. The summed E-state index contributed by atoms with van der Waals surface area (Å²) in [4.78, 5) is 35.2. The molecule has 7 heteroatoms. The number of ether oxygens (including phenoxy) is 3. The van der Waals surface area contributed by atoms with E-state index in [1.54, 1.807) is 12.1 Å². The van der Waals surface area contributed by atoms with E-state index >= 15 is 0 Å². The number of rotatable bonds is 8. The van der Waals surface area contributed by atoms with E-state index in [2.05, 4.69) is 5.32 Å². The van der Waals surface area contributed by atoms with Crippen LogP contribution >= 0.6 is 0 Å². The standard InChI is InChI=1S/C21H23NO6/c1-13-5-7-17(14(2)9-13)22-20(24)11-28-21(25)12-27-18-8-6-16(15(3)23)10-19(18)26-4/h5-10H,11-12H2,1-4H3,(H,22,24). The summed E-state index contributed by atoms with van der Waals surface area (Å²) in [5, 5.41) is 2.69. The lowest BCUT2D eigenvalue weighted by molar-refractivity contribution is -0.149. The zero-order valence-electron chi connectivity index (χ0n) is 16.3. The Morgan fingerprint density at radius 2 is 1.71 bits per heavy atom. The lowest BCUT2D eigenvalue weighted by Crippen LogP contribution is -2.24. The highest BCUT2D eigenvalue weighted by Gasteiger charge is 2.13. The summed E-state index contributed by atoms with van der Waals surface area (Å²) in [6.45, 7) is 4.47. The molecule has 0 heterocycles. The van der Waals surface area contributed by atoms with Crippen molar-refractivity contribution in [2.24, 2.45) is 0 Å². The van der Waals surface area contributed by atoms with Crippen LogP contribution in [-0.4, -0.2) is 38.0 Å². The van der Waals surface area contributed by atoms with E-state index in [9.17, 15) is 14.4 Å². The van der Waals surface area contributed by atoms with Crippen molar-refractivity contribution in [1.82, 2.24) is 0 Å². The number of aryl methyl sites for hydroxylation is 2. The van der Waals surface area contributed by atoms with Gasteiger partial charge in [0, 0.05) is 11.3 Å². The number of amides is 1. The molecule has 0 bridgehead atoms. The van der Waals surface area contributed by atoms with Crippen LogP contribution in [-0.2, 0) is 14.3 Å². The van der Waals surface area contributed by atoms with E-state index in [1.165, 1.54) is 26.2 Å². The van der Waals surface area contributed by atoms with Crippen molar-refractivity contribution in [1.29, 1.82) is 0 Å². The van der Waals surface area contributed by atoms with E-state index in [-0.39, 0.29) is 5.78 Å². The summed E-state index contributed by atoms with van der Waals surface area (Å²) in [5.74, 6) is -0.631. The van der Waals surface area contributed by atoms with Crippen LogP contribution in [0.15, 0.2) is 36.4 Å². The molecule has 0 aliphatic heterocycles. The maximum absolute atomic E-state index is 11.9. The van der Waals surface area contributed by atoms with Crippen LogP contribution in [0.25, 0.3) is 0 Å². The minimum Gasteiger partial charge on any atom is -0.493 e. The van der Waals surface area contributed by atoms with Crippen LogP contribution in [0.1, 0.15) is 28.4 Å². The number of hydrogen-bond acceptors (Lipinski definition) is 6. The fourth-order valence-electron chi connectivity index (χ4n) is 2.47. The summed E-state index contributed by atoms with van der Waals surface area (Å²) in [7, 11) is 1.43. The minimum absolute atomic E-state index is 0.112. The summed E-state index contributed by atoms with van der Waals surface area (Å²) in [6, 6.07) is 10.3. The van der Waals surface area contributed by atoms with Gasteiger partial charge in [-0.3, -0.25) is 9.59 Å². The van der Waals surface area contributed by atoms with Gasteiger partial charge in [-0.15, -0.1) is 0 Å². The minimum atomic E-state index is -0.700. The third-order valence-electron chi connectivity index (χ3n) is 3.94. The number of nitrogens with one attached hydrogen (secondary N) is 1. The molecule has 2 aromatic carbocycles. The van der Waals surface area contributed by atoms with Crippen molar-refractivity contribution < 1.29 is 28.6 Å². The van der Waals surface area contributed by atoms with Crippen molar-refractivity contribution in [3.8, 4) is 11.5 Å². The van der Waals surface area contributed by atoms with Crippen LogP contribution < -0.4 is 14.8 Å². The highest BCUT2D eigenvalue weighted by Crippen LogP contribution is 2.28. The van der Waals surface area contributed by atoms with Crippen LogP contribution in [0.5, 0.6) is 11.5 Å². The third-order valence-corrected chi connectivity index (χ3v) is 3.94. The SMILES string of the molecule is COc1cc(C(C)=O)ccc1OCC(=O)OCC(=O)Nc1ccc(C)cc1C. The molecule has 0 saturated carbocycles. The predicted octanol–water partition coefficient (Wildman–Crippen LogP) is 3.08. The van der Waals surface area contributed by atoms with Crippen molar-refractivity contribution in [3.05, 3.63) is 53.1 Å². The highest BCUT2D eigenvalue weighted by atomic mass is 16.6. The molecule has 0 unspecified atom stereocenters. The lowest BCUT2D eigenvalue weighted by Gasteiger charge is -2.12. The molecule has 0 aliphatic carbocycles. The van der Waals surface area contributed by atoms with Crippen molar-refractivity contribution in [2.45, 2.75) is 20.8 Å². The van der Waals surface area contributed by atoms with Crippen LogP contribution in [0.2, 0.25) is 0 Å². The van der Waals surface area contributed by atoms with Gasteiger partial charge >= 0.3 is 5.97 Å². The number of carbonyl (C=O) groups is 3. The van der Waals surface area contributed by atoms with Crippen LogP contribution in [0.3, 0.4) is 0 Å². The number of methoxy groups -OCH3 is 1. The number of esters is 1. The Morgan fingerprint density at radius 1 is 0.964 bits per heavy atom. The Kier molecular flexibility index (Phi) is 7.14. The molecule has 7 nitrogen and oxygen atoms in total. The molecule has 0 fully saturated rings. The average Bonchev–Trinajstić information content (AvgIpc) is 2.66. The Hall–Kier alpha value is -3.35. The zero-order valence-corrected chi connectivity index (χ0v) is 16.3. The van der Waals surface area contributed by atoms with Crippen molar-refractivity contribution >= 4 is 23.3 Å². The molecule has 0 atom stereocenters. The number of carbonyl (C=O) groups excluding carboxylic acids is 3. The van der Waals surface area contributed by atoms with Crippen molar-refractivity contribution in [2.75, 3.05) is 25.6 Å². The fraction of sp³-hybridized carbons (Fsp3) is 0.286. The largest absolute Gasteiger partial charge is 0.493 e. The molecule has 148 valence electrons. The first kappa shape index (κ1) is 21.0. The first-order valence-electron chi connectivity index (χ1n) is 8.64. The molecule has 1 amide bonds. The van der Waals surface area contributed by atoms with Gasteiger partial charge < -0.3 is 19.5 Å². The summed E-state index contributed by atoms with van der Waals surface area (Å²) in [5.41, 5.74) is 3.14. The van der Waals surface area contributed by atoms with Crippen LogP contribution in [0, 0.1) is 13.8 Å². The Bertz CT molecular complexity index is 890. The Balaban J connectivity index is 1.84. The quantitative estimate of drug-likeness (QED) is 0.555. The van der Waals surface area contributed by atoms with E-state index < -0.39 is 25.1 Å². The molecule has 0 radical (unpaired) electrons. The molecule has 28 heavy (non-hydrogen) atoms. The van der Waals surface area contributed by atoms with E-state index in [0.29, 0.717) is 22.7 Å². The molecule has 0 spiro atoms. The molecule has 0 saturated heterocycles. The summed E-state index contributed by atoms with van der Waals surface area (Å²) >= 11 is 0. The second kappa shape index (κ2) is 9.55. The lowest BCUT2D eigenvalue weighted by atomic mass is 10.1. The van der Waals surface area contributed by atoms with Gasteiger partial charge in [-0.2, -0.15) is 0 Å². The third kappa shape index (κ3) is 5.84. The molecule has 0 aliphatic rings. The molecular formula is C21H23NO6. The predicted molar refractivity (Wildman–Crippen MR) is 104 cm³/mol. The average molecular weight is 385 g/mol. The maximum Gasteiger partial charge on any atom is 0.344 e. The van der Waals surface area contributed by atoms with Gasteiger partial charge in [0.1, 0.15) is 0 Å². The van der Waals surface area contributed by atoms with E-state index in [0.717, 1.165) is 11.1 Å². The highest BCUT2D eigenvalue weighted by molar-refractivity contribution is 5.95. The topological polar surface area (TPSA) is 90.9 Å². The second-order valence-electron chi connectivity index (χ2n) is 6.24. The van der Waals surface area contributed by atoms with Gasteiger partial charge in [-0.05, 0) is 50.6 Å². The van der Waals surface area contributed by atoms with Gasteiger partial charge in [0.15, 0.2) is 30.5 Å². The normalized spacial score (nSPS) is 10.1. The van der Waals surface area contributed by atoms with E-state index in [4.69, 9.17) is 14.2 Å². The first-order chi connectivity index (χ1) is 13.3. The molecular weight excluding hydrogens is 362 g/mol. The van der Waals surface area contributed by atoms with Crippen LogP contribution in [0.4, 0.5) is 5.69 Å². The summed E-state index contributed by atoms with van der Waals surface area (Å²) < 4.78 is 15.4. The Morgan fingerprint density at radius 3 is 2.36 bits per heavy atom. The number of Topliss-reactive ketones (excluding diaryl/α,β-unsaturated/α-hetero) is 1.